The number of hydrogen-bond acceptors (Lipinski definition) is 5. The van der Waals surface area contributed by atoms with Gasteiger partial charge in [0.15, 0.2) is 0 Å². The van der Waals surface area contributed by atoms with Gasteiger partial charge >= 0.3 is 5.97 Å². The maximum Gasteiger partial charge on any atom is 0.355 e. The number of aryl methyl sites for hydroxylation is 1. The van der Waals surface area contributed by atoms with Crippen molar-refractivity contribution in [3.63, 3.8) is 0 Å². The Kier molecular flexibility index (Phi) is 5.10. The highest BCUT2D eigenvalue weighted by Crippen LogP contribution is 2.23. The Bertz CT molecular complexity index is 562. The van der Waals surface area contributed by atoms with E-state index in [2.05, 4.69) is 4.98 Å². The average Bonchev–Trinajstić information content (AvgIpc) is 2.63. The zero-order chi connectivity index (χ0) is 14.6. The SMILES string of the molecule is CCONS(=O)(=O)c1c(C)[nH]c(C(=O)OCC)c1C. The van der Waals surface area contributed by atoms with Crippen LogP contribution in [0, 0.1) is 13.8 Å². The van der Waals surface area contributed by atoms with Crippen molar-refractivity contribution in [1.82, 2.24) is 9.87 Å². The van der Waals surface area contributed by atoms with Crippen LogP contribution in [0.15, 0.2) is 4.90 Å². The number of sulfonamides is 1. The van der Waals surface area contributed by atoms with E-state index in [4.69, 9.17) is 9.57 Å². The summed E-state index contributed by atoms with van der Waals surface area (Å²) in [5.41, 5.74) is 0.798. The molecule has 2 N–H and O–H groups in total. The quantitative estimate of drug-likeness (QED) is 0.602. The Balaban J connectivity index is 3.20. The van der Waals surface area contributed by atoms with Gasteiger partial charge in [-0.1, -0.05) is 4.89 Å². The number of rotatable bonds is 6. The summed E-state index contributed by atoms with van der Waals surface area (Å²) in [6.07, 6.45) is 0. The third kappa shape index (κ3) is 3.34. The fourth-order valence-corrected chi connectivity index (χ4v) is 3.04. The van der Waals surface area contributed by atoms with Crippen molar-refractivity contribution < 1.29 is 22.8 Å². The standard InChI is InChI=1S/C11H18N2O5S/c1-5-17-11(14)9-7(3)10(8(4)12-9)19(15,16)13-18-6-2/h12-13H,5-6H2,1-4H3. The summed E-state index contributed by atoms with van der Waals surface area (Å²) in [6, 6.07) is 0. The Morgan fingerprint density at radius 3 is 2.42 bits per heavy atom. The summed E-state index contributed by atoms with van der Waals surface area (Å²) >= 11 is 0. The highest BCUT2D eigenvalue weighted by molar-refractivity contribution is 7.89. The topological polar surface area (TPSA) is 97.5 Å². The number of aromatic nitrogens is 1. The van der Waals surface area contributed by atoms with Crippen LogP contribution in [0.25, 0.3) is 0 Å². The molecule has 0 radical (unpaired) electrons. The van der Waals surface area contributed by atoms with Crippen molar-refractivity contribution in [2.75, 3.05) is 13.2 Å². The zero-order valence-corrected chi connectivity index (χ0v) is 12.2. The molecule has 1 rings (SSSR count). The van der Waals surface area contributed by atoms with Gasteiger partial charge in [-0.3, -0.25) is 4.84 Å². The first kappa shape index (κ1) is 15.7. The van der Waals surface area contributed by atoms with E-state index in [0.717, 1.165) is 0 Å². The average molecular weight is 290 g/mol. The molecule has 19 heavy (non-hydrogen) atoms. The van der Waals surface area contributed by atoms with Crippen LogP contribution in [-0.4, -0.2) is 32.6 Å². The molecule has 0 atom stereocenters. The van der Waals surface area contributed by atoms with E-state index in [1.54, 1.807) is 20.8 Å². The first-order valence-electron chi connectivity index (χ1n) is 5.85. The summed E-state index contributed by atoms with van der Waals surface area (Å²) in [6.45, 7) is 6.86. The number of H-pyrrole nitrogens is 1. The van der Waals surface area contributed by atoms with Gasteiger partial charge in [-0.25, -0.2) is 13.2 Å². The molecule has 0 spiro atoms. The molecular weight excluding hydrogens is 272 g/mol. The minimum Gasteiger partial charge on any atom is -0.461 e. The fourth-order valence-electron chi connectivity index (χ4n) is 1.72. The fraction of sp³-hybridized carbons (Fsp3) is 0.545. The highest BCUT2D eigenvalue weighted by atomic mass is 32.2. The maximum atomic E-state index is 12.0. The lowest BCUT2D eigenvalue weighted by molar-refractivity contribution is 0.0519. The van der Waals surface area contributed by atoms with Crippen molar-refractivity contribution >= 4 is 16.0 Å². The molecule has 0 saturated heterocycles. The van der Waals surface area contributed by atoms with Crippen LogP contribution in [-0.2, 0) is 19.6 Å². The molecule has 7 nitrogen and oxygen atoms in total. The van der Waals surface area contributed by atoms with Crippen LogP contribution in [0.3, 0.4) is 0 Å². The van der Waals surface area contributed by atoms with Crippen molar-refractivity contribution in [3.8, 4) is 0 Å². The van der Waals surface area contributed by atoms with Gasteiger partial charge in [0, 0.05) is 11.3 Å². The number of esters is 1. The molecule has 0 amide bonds. The van der Waals surface area contributed by atoms with Gasteiger partial charge in [-0.15, -0.1) is 0 Å². The minimum atomic E-state index is -3.82. The summed E-state index contributed by atoms with van der Waals surface area (Å²) in [7, 11) is -3.82. The first-order valence-corrected chi connectivity index (χ1v) is 7.33. The van der Waals surface area contributed by atoms with Crippen LogP contribution < -0.4 is 4.89 Å². The van der Waals surface area contributed by atoms with Gasteiger partial charge in [0.05, 0.1) is 13.2 Å². The van der Waals surface area contributed by atoms with Crippen molar-refractivity contribution in [2.24, 2.45) is 0 Å². The number of nitrogens with one attached hydrogen (secondary N) is 2. The van der Waals surface area contributed by atoms with E-state index in [9.17, 15) is 13.2 Å². The molecule has 108 valence electrons. The van der Waals surface area contributed by atoms with E-state index in [1.165, 1.54) is 6.92 Å². The second kappa shape index (κ2) is 6.18. The van der Waals surface area contributed by atoms with Gasteiger partial charge in [-0.2, -0.15) is 0 Å². The molecule has 0 aromatic carbocycles. The third-order valence-corrected chi connectivity index (χ3v) is 3.92. The molecule has 0 fully saturated rings. The van der Waals surface area contributed by atoms with E-state index in [-0.39, 0.29) is 23.8 Å². The van der Waals surface area contributed by atoms with Crippen molar-refractivity contribution in [1.29, 1.82) is 0 Å². The molecule has 0 aliphatic heterocycles. The monoisotopic (exact) mass is 290 g/mol. The molecule has 0 aliphatic rings. The highest BCUT2D eigenvalue weighted by Gasteiger charge is 2.27. The summed E-state index contributed by atoms with van der Waals surface area (Å²) in [5, 5.41) is 0. The van der Waals surface area contributed by atoms with E-state index in [1.807, 2.05) is 4.89 Å². The predicted molar refractivity (Wildman–Crippen MR) is 68.2 cm³/mol. The van der Waals surface area contributed by atoms with Crippen LogP contribution in [0.2, 0.25) is 0 Å². The number of aromatic amines is 1. The van der Waals surface area contributed by atoms with Crippen molar-refractivity contribution in [2.45, 2.75) is 32.6 Å². The second-order valence-corrected chi connectivity index (χ2v) is 5.40. The first-order chi connectivity index (χ1) is 8.85. The third-order valence-electron chi connectivity index (χ3n) is 2.43. The Labute approximate surface area is 112 Å². The molecule has 1 heterocycles. The van der Waals surface area contributed by atoms with Gasteiger partial charge in [0.1, 0.15) is 10.6 Å². The zero-order valence-electron chi connectivity index (χ0n) is 11.4. The Morgan fingerprint density at radius 2 is 1.89 bits per heavy atom. The van der Waals surface area contributed by atoms with Crippen molar-refractivity contribution in [3.05, 3.63) is 17.0 Å². The van der Waals surface area contributed by atoms with Gasteiger partial charge in [-0.05, 0) is 27.7 Å². The second-order valence-electron chi connectivity index (χ2n) is 3.82. The smallest absolute Gasteiger partial charge is 0.355 e. The summed E-state index contributed by atoms with van der Waals surface area (Å²) < 4.78 is 28.9. The molecule has 0 saturated carbocycles. The number of carbonyl (C=O) groups is 1. The lowest BCUT2D eigenvalue weighted by Crippen LogP contribution is -2.25. The van der Waals surface area contributed by atoms with E-state index >= 15 is 0 Å². The predicted octanol–water partition coefficient (Wildman–Crippen LogP) is 1.04. The van der Waals surface area contributed by atoms with E-state index < -0.39 is 16.0 Å². The minimum absolute atomic E-state index is 0.00371. The Hall–Kier alpha value is -1.38. The van der Waals surface area contributed by atoms with Gasteiger partial charge in [0.2, 0.25) is 0 Å². The lowest BCUT2D eigenvalue weighted by atomic mass is 10.2. The molecule has 0 unspecified atom stereocenters. The van der Waals surface area contributed by atoms with Crippen LogP contribution >= 0.6 is 0 Å². The molecular formula is C11H18N2O5S. The summed E-state index contributed by atoms with van der Waals surface area (Å²) in [5.74, 6) is -0.582. The summed E-state index contributed by atoms with van der Waals surface area (Å²) in [4.78, 5) is 21.1. The largest absolute Gasteiger partial charge is 0.461 e. The molecule has 1 aromatic heterocycles. The number of ether oxygens (including phenoxy) is 1. The van der Waals surface area contributed by atoms with Gasteiger partial charge < -0.3 is 9.72 Å². The number of carbonyl (C=O) groups excluding carboxylic acids is 1. The molecule has 0 aliphatic carbocycles. The van der Waals surface area contributed by atoms with Crippen LogP contribution in [0.1, 0.15) is 35.6 Å². The lowest BCUT2D eigenvalue weighted by Gasteiger charge is -2.06. The van der Waals surface area contributed by atoms with Gasteiger partial charge in [0.25, 0.3) is 10.0 Å². The molecule has 8 heteroatoms. The van der Waals surface area contributed by atoms with Crippen LogP contribution in [0.4, 0.5) is 0 Å². The maximum absolute atomic E-state index is 12.0. The molecule has 1 aromatic rings. The Morgan fingerprint density at radius 1 is 1.26 bits per heavy atom. The normalized spacial score (nSPS) is 11.6. The number of hydrogen-bond donors (Lipinski definition) is 2. The van der Waals surface area contributed by atoms with E-state index in [0.29, 0.717) is 11.3 Å². The van der Waals surface area contributed by atoms with Crippen LogP contribution in [0.5, 0.6) is 0 Å². The molecule has 0 bridgehead atoms.